The third-order valence-corrected chi connectivity index (χ3v) is 5.65. The highest BCUT2D eigenvalue weighted by molar-refractivity contribution is 6.09. The zero-order valence-corrected chi connectivity index (χ0v) is 19.7. The number of benzene rings is 3. The van der Waals surface area contributed by atoms with E-state index in [-0.39, 0.29) is 17.3 Å². The van der Waals surface area contributed by atoms with Crippen molar-refractivity contribution in [2.45, 2.75) is 38.7 Å². The standard InChI is InChI=1S/C29H30O5/c1-21(30)28(33-2)20-22-11-13-23(14-12-22)27(31)10-6-7-19-34-26-17-15-25(16-18-26)29(32)24-8-4-3-5-9-24/h3-5,8-9,11-18,28H,6-7,10,19-20H2,1-2H3/t28-/m0/s1. The molecule has 0 aromatic heterocycles. The van der Waals surface area contributed by atoms with Crippen LogP contribution >= 0.6 is 0 Å². The zero-order valence-electron chi connectivity index (χ0n) is 19.7. The quantitative estimate of drug-likeness (QED) is 0.250. The molecule has 0 amide bonds. The number of hydrogen-bond donors (Lipinski definition) is 0. The largest absolute Gasteiger partial charge is 0.494 e. The molecule has 0 saturated carbocycles. The van der Waals surface area contributed by atoms with Gasteiger partial charge in [-0.1, -0.05) is 54.6 Å². The molecule has 5 heteroatoms. The minimum atomic E-state index is -0.456. The first-order valence-electron chi connectivity index (χ1n) is 11.5. The van der Waals surface area contributed by atoms with Crippen LogP contribution in [-0.2, 0) is 16.0 Å². The monoisotopic (exact) mass is 458 g/mol. The van der Waals surface area contributed by atoms with Crippen LogP contribution in [0.15, 0.2) is 78.9 Å². The Hall–Kier alpha value is -3.57. The maximum atomic E-state index is 12.5. The van der Waals surface area contributed by atoms with Crippen LogP contribution in [0.5, 0.6) is 5.75 Å². The number of ether oxygens (including phenoxy) is 2. The van der Waals surface area contributed by atoms with Crippen molar-refractivity contribution in [2.75, 3.05) is 13.7 Å². The van der Waals surface area contributed by atoms with Gasteiger partial charge >= 0.3 is 0 Å². The summed E-state index contributed by atoms with van der Waals surface area (Å²) in [5.74, 6) is 0.759. The molecule has 0 N–H and O–H groups in total. The molecule has 176 valence electrons. The molecule has 1 atom stereocenters. The molecule has 0 aliphatic carbocycles. The topological polar surface area (TPSA) is 69.7 Å². The lowest BCUT2D eigenvalue weighted by molar-refractivity contribution is -0.126. The molecule has 0 bridgehead atoms. The van der Waals surface area contributed by atoms with Crippen molar-refractivity contribution in [3.63, 3.8) is 0 Å². The summed E-state index contributed by atoms with van der Waals surface area (Å²) in [6, 6.07) is 23.6. The fraction of sp³-hybridized carbons (Fsp3) is 0.276. The number of carbonyl (C=O) groups is 3. The van der Waals surface area contributed by atoms with Crippen LogP contribution in [0.3, 0.4) is 0 Å². The molecule has 34 heavy (non-hydrogen) atoms. The van der Waals surface area contributed by atoms with Crippen LogP contribution in [0.1, 0.15) is 58.0 Å². The number of Topliss-reactive ketones (excluding diaryl/α,β-unsaturated/α-hetero) is 2. The predicted molar refractivity (Wildman–Crippen MR) is 132 cm³/mol. The van der Waals surface area contributed by atoms with E-state index in [9.17, 15) is 14.4 Å². The van der Waals surface area contributed by atoms with Gasteiger partial charge in [-0.15, -0.1) is 0 Å². The van der Waals surface area contributed by atoms with Gasteiger partial charge in [-0.05, 0) is 49.6 Å². The van der Waals surface area contributed by atoms with Crippen molar-refractivity contribution >= 4 is 17.3 Å². The molecule has 3 aromatic rings. The highest BCUT2D eigenvalue weighted by Gasteiger charge is 2.14. The Labute approximate surface area is 200 Å². The first-order valence-corrected chi connectivity index (χ1v) is 11.5. The second kappa shape index (κ2) is 12.6. The smallest absolute Gasteiger partial charge is 0.193 e. The molecule has 0 heterocycles. The third kappa shape index (κ3) is 7.22. The molecule has 0 aliphatic heterocycles. The number of hydrogen-bond acceptors (Lipinski definition) is 5. The second-order valence-corrected chi connectivity index (χ2v) is 8.18. The van der Waals surface area contributed by atoms with Gasteiger partial charge in [-0.25, -0.2) is 0 Å². The second-order valence-electron chi connectivity index (χ2n) is 8.18. The van der Waals surface area contributed by atoms with Crippen LogP contribution in [0.2, 0.25) is 0 Å². The van der Waals surface area contributed by atoms with Gasteiger partial charge in [0.1, 0.15) is 11.9 Å². The van der Waals surface area contributed by atoms with Crippen LogP contribution in [0.25, 0.3) is 0 Å². The highest BCUT2D eigenvalue weighted by atomic mass is 16.5. The van der Waals surface area contributed by atoms with Crippen molar-refractivity contribution in [2.24, 2.45) is 0 Å². The van der Waals surface area contributed by atoms with Crippen LogP contribution in [-0.4, -0.2) is 37.2 Å². The Morgan fingerprint density at radius 1 is 0.765 bits per heavy atom. The fourth-order valence-corrected chi connectivity index (χ4v) is 3.61. The molecule has 0 spiro atoms. The minimum Gasteiger partial charge on any atom is -0.494 e. The van der Waals surface area contributed by atoms with Gasteiger partial charge in [-0.2, -0.15) is 0 Å². The number of carbonyl (C=O) groups excluding carboxylic acids is 3. The molecule has 0 fully saturated rings. The molecule has 0 unspecified atom stereocenters. The van der Waals surface area contributed by atoms with Crippen molar-refractivity contribution in [3.8, 4) is 5.75 Å². The number of unbranched alkanes of at least 4 members (excludes halogenated alkanes) is 1. The molecular weight excluding hydrogens is 428 g/mol. The van der Waals surface area contributed by atoms with Gasteiger partial charge < -0.3 is 9.47 Å². The van der Waals surface area contributed by atoms with Gasteiger partial charge in [0.2, 0.25) is 0 Å². The zero-order chi connectivity index (χ0) is 24.3. The van der Waals surface area contributed by atoms with E-state index in [1.807, 2.05) is 30.3 Å². The lowest BCUT2D eigenvalue weighted by Crippen LogP contribution is -2.22. The van der Waals surface area contributed by atoms with Gasteiger partial charge in [0.05, 0.1) is 6.61 Å². The SMILES string of the molecule is CO[C@@H](Cc1ccc(C(=O)CCCCOc2ccc(C(=O)c3ccccc3)cc2)cc1)C(C)=O. The van der Waals surface area contributed by atoms with Crippen molar-refractivity contribution in [1.29, 1.82) is 0 Å². The van der Waals surface area contributed by atoms with Crippen molar-refractivity contribution < 1.29 is 23.9 Å². The van der Waals surface area contributed by atoms with E-state index in [4.69, 9.17) is 9.47 Å². The maximum Gasteiger partial charge on any atom is 0.193 e. The third-order valence-electron chi connectivity index (χ3n) is 5.65. The van der Waals surface area contributed by atoms with Gasteiger partial charge in [0.25, 0.3) is 0 Å². The van der Waals surface area contributed by atoms with E-state index in [0.29, 0.717) is 41.9 Å². The highest BCUT2D eigenvalue weighted by Crippen LogP contribution is 2.17. The molecule has 3 rings (SSSR count). The summed E-state index contributed by atoms with van der Waals surface area (Å²) in [5, 5.41) is 0. The van der Waals surface area contributed by atoms with Crippen LogP contribution in [0, 0.1) is 0 Å². The van der Waals surface area contributed by atoms with Crippen LogP contribution in [0.4, 0.5) is 0 Å². The van der Waals surface area contributed by atoms with E-state index >= 15 is 0 Å². The number of rotatable bonds is 13. The summed E-state index contributed by atoms with van der Waals surface area (Å²) < 4.78 is 10.9. The molecule has 0 radical (unpaired) electrons. The summed E-state index contributed by atoms with van der Waals surface area (Å²) in [7, 11) is 1.52. The molecule has 0 saturated heterocycles. The minimum absolute atomic E-state index is 0.0125. The summed E-state index contributed by atoms with van der Waals surface area (Å²) in [6.45, 7) is 2.01. The molecule has 5 nitrogen and oxygen atoms in total. The Morgan fingerprint density at radius 2 is 1.38 bits per heavy atom. The Bertz CT molecular complexity index is 1090. The van der Waals surface area contributed by atoms with Gasteiger partial charge in [0.15, 0.2) is 17.3 Å². The Kier molecular flexibility index (Phi) is 9.30. The lowest BCUT2D eigenvalue weighted by Gasteiger charge is -2.12. The van der Waals surface area contributed by atoms with E-state index in [2.05, 4.69) is 0 Å². The molecule has 3 aromatic carbocycles. The maximum absolute atomic E-state index is 12.5. The van der Waals surface area contributed by atoms with Gasteiger partial charge in [-0.3, -0.25) is 14.4 Å². The predicted octanol–water partition coefficient (Wildman–Crippen LogP) is 5.50. The summed E-state index contributed by atoms with van der Waals surface area (Å²) in [4.78, 5) is 36.4. The fourth-order valence-electron chi connectivity index (χ4n) is 3.61. The van der Waals surface area contributed by atoms with Crippen molar-refractivity contribution in [3.05, 3.63) is 101 Å². The summed E-state index contributed by atoms with van der Waals surface area (Å²) in [6.07, 6.45) is 1.96. The summed E-state index contributed by atoms with van der Waals surface area (Å²) in [5.41, 5.74) is 2.91. The Balaban J connectivity index is 1.39. The number of methoxy groups -OCH3 is 1. The van der Waals surface area contributed by atoms with E-state index in [1.165, 1.54) is 14.0 Å². The average Bonchev–Trinajstić information content (AvgIpc) is 2.87. The van der Waals surface area contributed by atoms with Gasteiger partial charge in [0, 0.05) is 36.6 Å². The molecule has 0 aliphatic rings. The van der Waals surface area contributed by atoms with Crippen LogP contribution < -0.4 is 4.74 Å². The lowest BCUT2D eigenvalue weighted by atomic mass is 10.0. The Morgan fingerprint density at radius 3 is 2.00 bits per heavy atom. The molecular formula is C29H30O5. The van der Waals surface area contributed by atoms with E-state index in [1.54, 1.807) is 48.5 Å². The first kappa shape index (κ1) is 25.1. The first-order chi connectivity index (χ1) is 16.5. The normalized spacial score (nSPS) is 11.6. The number of ketones is 3. The summed E-state index contributed by atoms with van der Waals surface area (Å²) >= 11 is 0. The van der Waals surface area contributed by atoms with E-state index < -0.39 is 6.10 Å². The average molecular weight is 459 g/mol. The van der Waals surface area contributed by atoms with E-state index in [0.717, 1.165) is 18.4 Å². The van der Waals surface area contributed by atoms with Crippen molar-refractivity contribution in [1.82, 2.24) is 0 Å².